The Morgan fingerprint density at radius 3 is 2.64 bits per heavy atom. The standard InChI is InChI=1S/C26H28Cl2N6O6S2/c27-19-14-17(30-25(36)32-42(38,39)23-7-6-22(28)41-23)3-5-21(19)34-24(35)18-4-2-16(15-20(18)31-26(34)37)29-8-1-9-33-10-12-40-13-11-33/h2,4-7,14-15,17,29H,1,3,8-13H2,(H,31,37)(H2,30,32,36). The fourth-order valence-corrected chi connectivity index (χ4v) is 7.40. The fourth-order valence-electron chi connectivity index (χ4n) is 4.68. The van der Waals surface area contributed by atoms with Crippen LogP contribution in [0.3, 0.4) is 0 Å². The number of aromatic amines is 1. The molecular weight excluding hydrogens is 627 g/mol. The van der Waals surface area contributed by atoms with Crippen LogP contribution in [0.1, 0.15) is 12.8 Å². The van der Waals surface area contributed by atoms with Gasteiger partial charge >= 0.3 is 11.7 Å². The van der Waals surface area contributed by atoms with Crippen molar-refractivity contribution in [3.63, 3.8) is 0 Å². The third-order valence-electron chi connectivity index (χ3n) is 6.74. The number of nitrogens with zero attached hydrogens (tertiary/aromatic N) is 2. The van der Waals surface area contributed by atoms with Crippen molar-refractivity contribution in [1.29, 1.82) is 0 Å². The van der Waals surface area contributed by atoms with Gasteiger partial charge in [0.15, 0.2) is 0 Å². The molecule has 0 radical (unpaired) electrons. The van der Waals surface area contributed by atoms with Crippen LogP contribution in [0.2, 0.25) is 4.34 Å². The lowest BCUT2D eigenvalue weighted by Gasteiger charge is -2.26. The van der Waals surface area contributed by atoms with Gasteiger partial charge < -0.3 is 20.4 Å². The van der Waals surface area contributed by atoms with E-state index in [9.17, 15) is 22.8 Å². The van der Waals surface area contributed by atoms with Crippen molar-refractivity contribution < 1.29 is 17.9 Å². The average molecular weight is 656 g/mol. The lowest BCUT2D eigenvalue weighted by Crippen LogP contribution is -2.44. The lowest BCUT2D eigenvalue weighted by atomic mass is 10.1. The maximum atomic E-state index is 13.3. The van der Waals surface area contributed by atoms with E-state index in [1.165, 1.54) is 24.3 Å². The van der Waals surface area contributed by atoms with Crippen molar-refractivity contribution in [2.45, 2.75) is 23.1 Å². The summed E-state index contributed by atoms with van der Waals surface area (Å²) in [6, 6.07) is 6.20. The first-order valence-corrected chi connectivity index (χ1v) is 16.2. The number of anilines is 1. The minimum atomic E-state index is -4.10. The van der Waals surface area contributed by atoms with Crippen LogP contribution in [-0.2, 0) is 14.8 Å². The van der Waals surface area contributed by atoms with Crippen LogP contribution in [-0.4, -0.2) is 74.3 Å². The molecule has 2 amide bonds. The van der Waals surface area contributed by atoms with Crippen molar-refractivity contribution in [2.24, 2.45) is 0 Å². The van der Waals surface area contributed by atoms with Crippen molar-refractivity contribution in [3.05, 3.63) is 72.7 Å². The Hall–Kier alpha value is -3.14. The van der Waals surface area contributed by atoms with Gasteiger partial charge in [-0.2, -0.15) is 0 Å². The minimum Gasteiger partial charge on any atom is -0.385 e. The number of urea groups is 1. The van der Waals surface area contributed by atoms with Gasteiger partial charge in [0.1, 0.15) is 4.21 Å². The number of thiophene rings is 1. The Kier molecular flexibility index (Phi) is 9.40. The number of aromatic nitrogens is 2. The molecule has 0 bridgehead atoms. The van der Waals surface area contributed by atoms with Gasteiger partial charge in [-0.15, -0.1) is 11.3 Å². The average Bonchev–Trinajstić information content (AvgIpc) is 3.40. The molecule has 42 heavy (non-hydrogen) atoms. The Bertz CT molecular complexity index is 1780. The lowest BCUT2D eigenvalue weighted by molar-refractivity contribution is 0.0378. The molecular formula is C26H28Cl2N6O6S2. The summed E-state index contributed by atoms with van der Waals surface area (Å²) >= 11 is 13.0. The van der Waals surface area contributed by atoms with E-state index in [-0.39, 0.29) is 25.7 Å². The third-order valence-corrected chi connectivity index (χ3v) is 10.1. The zero-order valence-electron chi connectivity index (χ0n) is 22.2. The number of nitrogens with one attached hydrogen (secondary N) is 4. The summed E-state index contributed by atoms with van der Waals surface area (Å²) in [5, 5.41) is 6.19. The van der Waals surface area contributed by atoms with Gasteiger partial charge in [-0.3, -0.25) is 9.69 Å². The number of fused-ring (bicyclic) bond motifs is 1. The Morgan fingerprint density at radius 2 is 1.93 bits per heavy atom. The molecule has 1 fully saturated rings. The molecule has 1 aromatic carbocycles. The van der Waals surface area contributed by atoms with E-state index in [4.69, 9.17) is 27.9 Å². The molecule has 5 rings (SSSR count). The number of ether oxygens (including phenoxy) is 1. The summed E-state index contributed by atoms with van der Waals surface area (Å²) in [5.41, 5.74) is 0.119. The number of hydrogen-bond donors (Lipinski definition) is 4. The molecule has 12 nitrogen and oxygen atoms in total. The maximum Gasteiger partial charge on any atom is 0.333 e. The Morgan fingerprint density at radius 1 is 1.14 bits per heavy atom. The minimum absolute atomic E-state index is 0.0463. The summed E-state index contributed by atoms with van der Waals surface area (Å²) in [6.45, 7) is 5.08. The van der Waals surface area contributed by atoms with Crippen molar-refractivity contribution in [2.75, 3.05) is 44.7 Å². The first kappa shape index (κ1) is 30.3. The number of H-pyrrole nitrogens is 1. The fraction of sp³-hybridized carbons (Fsp3) is 0.346. The summed E-state index contributed by atoms with van der Waals surface area (Å²) in [4.78, 5) is 43.8. The Balaban J connectivity index is 1.23. The van der Waals surface area contributed by atoms with Crippen molar-refractivity contribution >= 4 is 72.9 Å². The molecule has 16 heteroatoms. The van der Waals surface area contributed by atoms with Crippen LogP contribution in [0.5, 0.6) is 0 Å². The second-order valence-electron chi connectivity index (χ2n) is 9.65. The SMILES string of the molecule is O=C(NC1C=C(Cl)C(n2c(=O)[nH]c3cc(NCCCN4CCOCC4)ccc3c2=O)=CC1)NS(=O)(=O)c1ccc(Cl)s1. The van der Waals surface area contributed by atoms with Crippen LogP contribution in [0.25, 0.3) is 16.6 Å². The molecule has 1 saturated heterocycles. The highest BCUT2D eigenvalue weighted by atomic mass is 35.5. The quantitative estimate of drug-likeness (QED) is 0.257. The van der Waals surface area contributed by atoms with E-state index >= 15 is 0 Å². The number of allylic oxidation sites excluding steroid dienone is 2. The first-order valence-electron chi connectivity index (χ1n) is 13.1. The van der Waals surface area contributed by atoms with Gasteiger partial charge in [0.2, 0.25) is 0 Å². The summed E-state index contributed by atoms with van der Waals surface area (Å²) in [6.07, 6.45) is 4.06. The van der Waals surface area contributed by atoms with E-state index in [1.807, 2.05) is 4.72 Å². The number of halogens is 2. The molecule has 3 aromatic rings. The summed E-state index contributed by atoms with van der Waals surface area (Å²) in [7, 11) is -4.10. The monoisotopic (exact) mass is 654 g/mol. The highest BCUT2D eigenvalue weighted by Crippen LogP contribution is 2.27. The molecule has 1 atom stereocenters. The first-order chi connectivity index (χ1) is 20.1. The predicted molar refractivity (Wildman–Crippen MR) is 164 cm³/mol. The van der Waals surface area contributed by atoms with Gasteiger partial charge in [0, 0.05) is 25.3 Å². The van der Waals surface area contributed by atoms with E-state index in [0.29, 0.717) is 10.9 Å². The molecule has 2 aromatic heterocycles. The molecule has 1 unspecified atom stereocenters. The van der Waals surface area contributed by atoms with Gasteiger partial charge in [0.05, 0.1) is 45.2 Å². The molecule has 0 spiro atoms. The smallest absolute Gasteiger partial charge is 0.333 e. The normalized spacial score (nSPS) is 17.9. The number of amides is 2. The zero-order valence-corrected chi connectivity index (χ0v) is 25.3. The molecule has 0 saturated carbocycles. The zero-order chi connectivity index (χ0) is 29.9. The molecule has 2 aliphatic rings. The number of benzene rings is 1. The Labute approximate surface area is 255 Å². The maximum absolute atomic E-state index is 13.3. The van der Waals surface area contributed by atoms with E-state index in [1.54, 1.807) is 18.2 Å². The van der Waals surface area contributed by atoms with Crippen LogP contribution in [0.15, 0.2) is 61.3 Å². The molecule has 1 aliphatic carbocycles. The molecule has 1 aliphatic heterocycles. The summed E-state index contributed by atoms with van der Waals surface area (Å²) < 4.78 is 33.1. The van der Waals surface area contributed by atoms with Crippen LogP contribution in [0.4, 0.5) is 10.5 Å². The van der Waals surface area contributed by atoms with Crippen LogP contribution in [0, 0.1) is 0 Å². The van der Waals surface area contributed by atoms with E-state index < -0.39 is 33.3 Å². The summed E-state index contributed by atoms with van der Waals surface area (Å²) in [5.74, 6) is 0. The van der Waals surface area contributed by atoms with Crippen molar-refractivity contribution in [3.8, 4) is 0 Å². The van der Waals surface area contributed by atoms with Gasteiger partial charge in [-0.05, 0) is 55.8 Å². The van der Waals surface area contributed by atoms with Gasteiger partial charge in [-0.1, -0.05) is 29.3 Å². The third kappa shape index (κ3) is 7.07. The van der Waals surface area contributed by atoms with Crippen molar-refractivity contribution in [1.82, 2.24) is 24.5 Å². The van der Waals surface area contributed by atoms with Crippen LogP contribution >= 0.6 is 34.5 Å². The number of sulfonamides is 1. The van der Waals surface area contributed by atoms with E-state index in [0.717, 1.165) is 67.4 Å². The van der Waals surface area contributed by atoms with E-state index in [2.05, 4.69) is 20.5 Å². The highest BCUT2D eigenvalue weighted by molar-refractivity contribution is 7.92. The molecule has 224 valence electrons. The predicted octanol–water partition coefficient (Wildman–Crippen LogP) is 2.96. The second kappa shape index (κ2) is 13.0. The highest BCUT2D eigenvalue weighted by Gasteiger charge is 2.24. The van der Waals surface area contributed by atoms with Gasteiger partial charge in [0.25, 0.3) is 15.6 Å². The number of hydrogen-bond acceptors (Lipinski definition) is 9. The largest absolute Gasteiger partial charge is 0.385 e. The molecule has 4 N–H and O–H groups in total. The number of morpholine rings is 1. The molecule has 3 heterocycles. The number of rotatable bonds is 9. The van der Waals surface area contributed by atoms with Gasteiger partial charge in [-0.25, -0.2) is 27.3 Å². The van der Waals surface area contributed by atoms with Crippen LogP contribution < -0.4 is 26.6 Å². The topological polar surface area (TPSA) is 155 Å². The second-order valence-corrected chi connectivity index (χ2v) is 13.7. The number of carbonyl (C=O) groups is 1. The number of carbonyl (C=O) groups excluding carboxylic acids is 1.